The Morgan fingerprint density at radius 1 is 1.00 bits per heavy atom. The van der Waals surface area contributed by atoms with Gasteiger partial charge in [-0.3, -0.25) is 4.79 Å². The lowest BCUT2D eigenvalue weighted by Gasteiger charge is -2.29. The van der Waals surface area contributed by atoms with Crippen LogP contribution in [0.2, 0.25) is 0 Å². The second kappa shape index (κ2) is 9.84. The number of amides is 1. The van der Waals surface area contributed by atoms with Crippen molar-refractivity contribution in [1.29, 1.82) is 0 Å². The largest absolute Gasteiger partial charge is 0.490 e. The highest BCUT2D eigenvalue weighted by Crippen LogP contribution is 2.23. The molecule has 5 nitrogen and oxygen atoms in total. The molecule has 3 aromatic rings. The highest BCUT2D eigenvalue weighted by molar-refractivity contribution is 5.94. The zero-order chi connectivity index (χ0) is 21.6. The van der Waals surface area contributed by atoms with E-state index in [9.17, 15) is 4.79 Å². The Morgan fingerprint density at radius 3 is 2.39 bits per heavy atom. The normalized spacial score (nSPS) is 16.1. The van der Waals surface area contributed by atoms with Gasteiger partial charge in [0, 0.05) is 18.8 Å². The average molecular weight is 419 g/mol. The van der Waals surface area contributed by atoms with Gasteiger partial charge in [0.05, 0.1) is 0 Å². The molecule has 5 heteroatoms. The Labute approximate surface area is 184 Å². The van der Waals surface area contributed by atoms with E-state index in [1.165, 1.54) is 0 Å². The highest BCUT2D eigenvalue weighted by atomic mass is 16.5. The molecule has 162 valence electrons. The van der Waals surface area contributed by atoms with Crippen LogP contribution in [0.15, 0.2) is 66.7 Å². The van der Waals surface area contributed by atoms with Gasteiger partial charge in [0.15, 0.2) is 6.10 Å². The molecule has 0 aromatic heterocycles. The summed E-state index contributed by atoms with van der Waals surface area (Å²) in [5, 5.41) is 5.20. The predicted molar refractivity (Wildman–Crippen MR) is 125 cm³/mol. The molecular weight excluding hydrogens is 388 g/mol. The Kier molecular flexibility index (Phi) is 6.73. The number of piperidine rings is 1. The van der Waals surface area contributed by atoms with Crippen molar-refractivity contribution in [3.8, 4) is 11.5 Å². The molecule has 1 saturated heterocycles. The number of likely N-dealkylation sites (tertiary alicyclic amines) is 1. The van der Waals surface area contributed by atoms with E-state index in [-0.39, 0.29) is 12.0 Å². The van der Waals surface area contributed by atoms with Crippen LogP contribution in [0.4, 0.5) is 5.69 Å². The summed E-state index contributed by atoms with van der Waals surface area (Å²) in [7, 11) is 2.14. The minimum Gasteiger partial charge on any atom is -0.490 e. The lowest BCUT2D eigenvalue weighted by atomic mass is 10.1. The van der Waals surface area contributed by atoms with Crippen LogP contribution in [-0.4, -0.2) is 43.2 Å². The predicted octanol–water partition coefficient (Wildman–Crippen LogP) is 5.11. The SMILES string of the molecule is CC[C@H](Oc1ccc2ccccc2c1)C(=O)Nc1ccc(OC2CCN(C)CC2)cc1. The summed E-state index contributed by atoms with van der Waals surface area (Å²) in [4.78, 5) is 15.1. The molecule has 0 spiro atoms. The van der Waals surface area contributed by atoms with E-state index in [1.807, 2.05) is 67.6 Å². The van der Waals surface area contributed by atoms with Crippen molar-refractivity contribution in [3.63, 3.8) is 0 Å². The van der Waals surface area contributed by atoms with E-state index < -0.39 is 6.10 Å². The molecule has 1 atom stereocenters. The Balaban J connectivity index is 1.34. The molecule has 1 heterocycles. The minimum absolute atomic E-state index is 0.153. The van der Waals surface area contributed by atoms with Crippen LogP contribution in [0, 0.1) is 0 Å². The first-order chi connectivity index (χ1) is 15.1. The molecule has 0 aliphatic carbocycles. The summed E-state index contributed by atoms with van der Waals surface area (Å²) in [6.07, 6.45) is 2.36. The van der Waals surface area contributed by atoms with Crippen LogP contribution in [0.1, 0.15) is 26.2 Å². The Hall–Kier alpha value is -3.05. The van der Waals surface area contributed by atoms with Gasteiger partial charge < -0.3 is 19.7 Å². The summed E-state index contributed by atoms with van der Waals surface area (Å²) in [6.45, 7) is 4.08. The van der Waals surface area contributed by atoms with Crippen molar-refractivity contribution in [2.75, 3.05) is 25.5 Å². The fourth-order valence-electron chi connectivity index (χ4n) is 3.86. The van der Waals surface area contributed by atoms with E-state index in [0.717, 1.165) is 48.1 Å². The van der Waals surface area contributed by atoms with Crippen molar-refractivity contribution in [1.82, 2.24) is 4.90 Å². The number of rotatable bonds is 7. The number of carbonyl (C=O) groups is 1. The molecule has 4 rings (SSSR count). The van der Waals surface area contributed by atoms with Gasteiger partial charge in [-0.15, -0.1) is 0 Å². The number of fused-ring (bicyclic) bond motifs is 1. The quantitative estimate of drug-likeness (QED) is 0.579. The van der Waals surface area contributed by atoms with Crippen molar-refractivity contribution in [2.45, 2.75) is 38.4 Å². The summed E-state index contributed by atoms with van der Waals surface area (Å²) < 4.78 is 12.1. The first kappa shape index (κ1) is 21.2. The minimum atomic E-state index is -0.559. The highest BCUT2D eigenvalue weighted by Gasteiger charge is 2.20. The average Bonchev–Trinajstić information content (AvgIpc) is 2.80. The van der Waals surface area contributed by atoms with Crippen molar-refractivity contribution < 1.29 is 14.3 Å². The third-order valence-corrected chi connectivity index (χ3v) is 5.75. The standard InChI is InChI=1S/C26H30N2O3/c1-3-25(31-24-11-8-19-6-4-5-7-20(19)18-24)26(29)27-21-9-12-22(13-10-21)30-23-14-16-28(2)17-15-23/h4-13,18,23,25H,3,14-17H2,1-2H3,(H,27,29)/t25-/m0/s1. The van der Waals surface area contributed by atoms with Gasteiger partial charge in [-0.1, -0.05) is 37.3 Å². The molecule has 1 aliphatic rings. The van der Waals surface area contributed by atoms with E-state index in [4.69, 9.17) is 9.47 Å². The summed E-state index contributed by atoms with van der Waals surface area (Å²) in [5.41, 5.74) is 0.737. The number of ether oxygens (including phenoxy) is 2. The van der Waals surface area contributed by atoms with Gasteiger partial charge in [-0.05, 0) is 73.5 Å². The monoisotopic (exact) mass is 418 g/mol. The molecule has 0 bridgehead atoms. The molecular formula is C26H30N2O3. The summed E-state index contributed by atoms with van der Waals surface area (Å²) in [5.74, 6) is 1.38. The van der Waals surface area contributed by atoms with Crippen molar-refractivity contribution in [2.24, 2.45) is 0 Å². The van der Waals surface area contributed by atoms with Crippen LogP contribution < -0.4 is 14.8 Å². The van der Waals surface area contributed by atoms with E-state index in [2.05, 4.69) is 23.3 Å². The van der Waals surface area contributed by atoms with Crippen molar-refractivity contribution >= 4 is 22.4 Å². The molecule has 3 aromatic carbocycles. The third kappa shape index (κ3) is 5.56. The number of nitrogens with one attached hydrogen (secondary N) is 1. The number of hydrogen-bond donors (Lipinski definition) is 1. The van der Waals surface area contributed by atoms with Gasteiger partial charge in [-0.25, -0.2) is 0 Å². The molecule has 0 radical (unpaired) electrons. The van der Waals surface area contributed by atoms with Gasteiger partial charge in [0.25, 0.3) is 5.91 Å². The zero-order valence-electron chi connectivity index (χ0n) is 18.2. The van der Waals surface area contributed by atoms with Gasteiger partial charge >= 0.3 is 0 Å². The third-order valence-electron chi connectivity index (χ3n) is 5.75. The number of hydrogen-bond acceptors (Lipinski definition) is 4. The molecule has 1 N–H and O–H groups in total. The zero-order valence-corrected chi connectivity index (χ0v) is 18.2. The molecule has 0 saturated carbocycles. The molecule has 0 unspecified atom stereocenters. The fourth-order valence-corrected chi connectivity index (χ4v) is 3.86. The van der Waals surface area contributed by atoms with E-state index >= 15 is 0 Å². The smallest absolute Gasteiger partial charge is 0.265 e. The van der Waals surface area contributed by atoms with Crippen LogP contribution >= 0.6 is 0 Å². The van der Waals surface area contributed by atoms with Crippen LogP contribution in [0.3, 0.4) is 0 Å². The number of carbonyl (C=O) groups excluding carboxylic acids is 1. The molecule has 31 heavy (non-hydrogen) atoms. The van der Waals surface area contributed by atoms with Crippen LogP contribution in [-0.2, 0) is 4.79 Å². The van der Waals surface area contributed by atoms with Crippen molar-refractivity contribution in [3.05, 3.63) is 66.7 Å². The molecule has 1 aliphatic heterocycles. The van der Waals surface area contributed by atoms with Crippen LogP contribution in [0.25, 0.3) is 10.8 Å². The maximum absolute atomic E-state index is 12.8. The first-order valence-corrected chi connectivity index (χ1v) is 11.0. The second-order valence-electron chi connectivity index (χ2n) is 8.16. The number of anilines is 1. The van der Waals surface area contributed by atoms with Gasteiger partial charge in [-0.2, -0.15) is 0 Å². The van der Waals surface area contributed by atoms with Gasteiger partial charge in [0.2, 0.25) is 0 Å². The number of benzene rings is 3. The maximum atomic E-state index is 12.8. The van der Waals surface area contributed by atoms with E-state index in [1.54, 1.807) is 0 Å². The first-order valence-electron chi connectivity index (χ1n) is 11.0. The molecule has 1 amide bonds. The lowest BCUT2D eigenvalue weighted by Crippen LogP contribution is -2.35. The summed E-state index contributed by atoms with van der Waals surface area (Å²) >= 11 is 0. The lowest BCUT2D eigenvalue weighted by molar-refractivity contribution is -0.122. The Morgan fingerprint density at radius 2 is 1.68 bits per heavy atom. The summed E-state index contributed by atoms with van der Waals surface area (Å²) in [6, 6.07) is 21.6. The maximum Gasteiger partial charge on any atom is 0.265 e. The van der Waals surface area contributed by atoms with Gasteiger partial charge in [0.1, 0.15) is 17.6 Å². The topological polar surface area (TPSA) is 50.8 Å². The fraction of sp³-hybridized carbons (Fsp3) is 0.346. The number of nitrogens with zero attached hydrogens (tertiary/aromatic N) is 1. The van der Waals surface area contributed by atoms with Crippen LogP contribution in [0.5, 0.6) is 11.5 Å². The van der Waals surface area contributed by atoms with E-state index in [0.29, 0.717) is 12.2 Å². The molecule has 1 fully saturated rings. The second-order valence-corrected chi connectivity index (χ2v) is 8.16. The Bertz CT molecular complexity index is 1010.